The highest BCUT2D eigenvalue weighted by Crippen LogP contribution is 2.21. The van der Waals surface area contributed by atoms with E-state index < -0.39 is 0 Å². The maximum atomic E-state index is 12.7. The molecule has 0 unspecified atom stereocenters. The molecule has 3 heterocycles. The lowest BCUT2D eigenvalue weighted by Gasteiger charge is -2.28. The summed E-state index contributed by atoms with van der Waals surface area (Å²) < 4.78 is 0. The van der Waals surface area contributed by atoms with E-state index in [-0.39, 0.29) is 5.56 Å². The average Bonchev–Trinajstić information content (AvgIpc) is 2.77. The smallest absolute Gasteiger partial charge is 0.255 e. The number of H-pyrrole nitrogens is 1. The number of hydrogen-bond acceptors (Lipinski definition) is 6. The molecule has 150 valence electrons. The molecule has 0 spiro atoms. The second-order valence-corrected chi connectivity index (χ2v) is 7.27. The van der Waals surface area contributed by atoms with Crippen LogP contribution in [0.5, 0.6) is 0 Å². The minimum atomic E-state index is -0.0737. The van der Waals surface area contributed by atoms with Crippen LogP contribution in [0.25, 0.3) is 11.4 Å². The molecule has 0 amide bonds. The molecule has 0 saturated heterocycles. The molecule has 2 aromatic heterocycles. The summed E-state index contributed by atoms with van der Waals surface area (Å²) >= 11 is 0. The minimum Gasteiger partial charge on any atom is -0.372 e. The third-order valence-corrected chi connectivity index (χ3v) is 5.45. The van der Waals surface area contributed by atoms with E-state index in [1.165, 1.54) is 17.6 Å². The van der Waals surface area contributed by atoms with Gasteiger partial charge in [-0.05, 0) is 31.5 Å². The van der Waals surface area contributed by atoms with Gasteiger partial charge in [-0.2, -0.15) is 0 Å². The van der Waals surface area contributed by atoms with Crippen molar-refractivity contribution in [1.82, 2.24) is 24.8 Å². The van der Waals surface area contributed by atoms with Crippen LogP contribution in [0.4, 0.5) is 5.69 Å². The summed E-state index contributed by atoms with van der Waals surface area (Å²) in [5.41, 5.74) is 4.79. The van der Waals surface area contributed by atoms with Gasteiger partial charge < -0.3 is 9.88 Å². The number of benzene rings is 1. The standard InChI is InChI=1S/C22H26N6O/c1-3-28(4-2)18-7-5-16(6-8-18)13-27-10-9-20-19(14-27)22(29)26-21(25-20)17-11-23-15-24-12-17/h5-8,11-12,15H,3-4,9-10,13-14H2,1-2H3,(H,25,26,29). The summed E-state index contributed by atoms with van der Waals surface area (Å²) in [7, 11) is 0. The predicted octanol–water partition coefficient (Wildman–Crippen LogP) is 2.63. The number of rotatable bonds is 6. The van der Waals surface area contributed by atoms with Gasteiger partial charge in [0.2, 0.25) is 0 Å². The van der Waals surface area contributed by atoms with Gasteiger partial charge in [-0.3, -0.25) is 9.69 Å². The SMILES string of the molecule is CCN(CC)c1ccc(CN2CCc3nc(-c4cncnc4)[nH]c(=O)c3C2)cc1. The van der Waals surface area contributed by atoms with Crippen molar-refractivity contribution in [3.8, 4) is 11.4 Å². The topological polar surface area (TPSA) is 78.0 Å². The zero-order chi connectivity index (χ0) is 20.2. The van der Waals surface area contributed by atoms with Crippen LogP contribution in [-0.4, -0.2) is 44.5 Å². The Morgan fingerprint density at radius 3 is 2.52 bits per heavy atom. The Morgan fingerprint density at radius 1 is 1.10 bits per heavy atom. The largest absolute Gasteiger partial charge is 0.372 e. The lowest BCUT2D eigenvalue weighted by molar-refractivity contribution is 0.242. The van der Waals surface area contributed by atoms with Crippen LogP contribution in [0, 0.1) is 0 Å². The Balaban J connectivity index is 1.48. The second-order valence-electron chi connectivity index (χ2n) is 7.27. The molecule has 0 atom stereocenters. The van der Waals surface area contributed by atoms with Gasteiger partial charge in [-0.25, -0.2) is 15.0 Å². The molecule has 0 radical (unpaired) electrons. The Kier molecular flexibility index (Phi) is 5.67. The number of aromatic nitrogens is 4. The molecule has 7 nitrogen and oxygen atoms in total. The van der Waals surface area contributed by atoms with Crippen molar-refractivity contribution in [2.75, 3.05) is 24.5 Å². The van der Waals surface area contributed by atoms with Gasteiger partial charge >= 0.3 is 0 Å². The molecule has 7 heteroatoms. The van der Waals surface area contributed by atoms with E-state index in [1.807, 2.05) is 0 Å². The zero-order valence-corrected chi connectivity index (χ0v) is 16.9. The van der Waals surface area contributed by atoms with E-state index in [0.717, 1.165) is 49.4 Å². The fourth-order valence-corrected chi connectivity index (χ4v) is 3.83. The zero-order valence-electron chi connectivity index (χ0n) is 16.9. The Hall–Kier alpha value is -3.06. The van der Waals surface area contributed by atoms with E-state index >= 15 is 0 Å². The van der Waals surface area contributed by atoms with Gasteiger partial charge in [0.1, 0.15) is 12.2 Å². The minimum absolute atomic E-state index is 0.0737. The van der Waals surface area contributed by atoms with Crippen molar-refractivity contribution in [3.05, 3.63) is 70.2 Å². The van der Waals surface area contributed by atoms with Gasteiger partial charge in [0.15, 0.2) is 0 Å². The van der Waals surface area contributed by atoms with Crippen molar-refractivity contribution in [2.45, 2.75) is 33.4 Å². The number of nitrogens with zero attached hydrogens (tertiary/aromatic N) is 5. The number of aromatic amines is 1. The van der Waals surface area contributed by atoms with Crippen molar-refractivity contribution >= 4 is 5.69 Å². The molecule has 0 bridgehead atoms. The molecule has 0 fully saturated rings. The number of nitrogens with one attached hydrogen (secondary N) is 1. The van der Waals surface area contributed by atoms with Gasteiger partial charge in [0.05, 0.1) is 16.8 Å². The highest BCUT2D eigenvalue weighted by molar-refractivity contribution is 5.52. The third-order valence-electron chi connectivity index (χ3n) is 5.45. The Morgan fingerprint density at radius 2 is 1.83 bits per heavy atom. The number of fused-ring (bicyclic) bond motifs is 1. The normalized spacial score (nSPS) is 13.9. The predicted molar refractivity (Wildman–Crippen MR) is 114 cm³/mol. The van der Waals surface area contributed by atoms with Crippen molar-refractivity contribution in [1.29, 1.82) is 0 Å². The fraction of sp³-hybridized carbons (Fsp3) is 0.364. The first-order chi connectivity index (χ1) is 14.2. The Bertz CT molecular complexity index is 1010. The van der Waals surface area contributed by atoms with Gasteiger partial charge in [-0.1, -0.05) is 12.1 Å². The molecule has 4 rings (SSSR count). The van der Waals surface area contributed by atoms with Gasteiger partial charge in [0, 0.05) is 57.2 Å². The highest BCUT2D eigenvalue weighted by atomic mass is 16.1. The van der Waals surface area contributed by atoms with Crippen LogP contribution in [0.1, 0.15) is 30.7 Å². The number of hydrogen-bond donors (Lipinski definition) is 1. The van der Waals surface area contributed by atoms with E-state index in [1.54, 1.807) is 12.4 Å². The lowest BCUT2D eigenvalue weighted by Crippen LogP contribution is -2.35. The van der Waals surface area contributed by atoms with Crippen molar-refractivity contribution in [3.63, 3.8) is 0 Å². The van der Waals surface area contributed by atoms with E-state index in [4.69, 9.17) is 0 Å². The number of anilines is 1. The summed E-state index contributed by atoms with van der Waals surface area (Å²) in [4.78, 5) is 32.9. The molecule has 1 N–H and O–H groups in total. The molecule has 3 aromatic rings. The summed E-state index contributed by atoms with van der Waals surface area (Å²) in [5, 5.41) is 0. The summed E-state index contributed by atoms with van der Waals surface area (Å²) in [5.74, 6) is 0.537. The molecule has 0 aliphatic carbocycles. The molecule has 1 aliphatic rings. The van der Waals surface area contributed by atoms with Crippen molar-refractivity contribution in [2.24, 2.45) is 0 Å². The van der Waals surface area contributed by atoms with Crippen LogP contribution in [0.3, 0.4) is 0 Å². The maximum Gasteiger partial charge on any atom is 0.255 e. The molecule has 29 heavy (non-hydrogen) atoms. The monoisotopic (exact) mass is 390 g/mol. The summed E-state index contributed by atoms with van der Waals surface area (Å²) in [6.07, 6.45) is 5.55. The van der Waals surface area contributed by atoms with Crippen LogP contribution in [0.2, 0.25) is 0 Å². The van der Waals surface area contributed by atoms with Crippen LogP contribution in [0.15, 0.2) is 47.8 Å². The van der Waals surface area contributed by atoms with Gasteiger partial charge in [-0.15, -0.1) is 0 Å². The molecule has 1 aromatic carbocycles. The molecule has 1 aliphatic heterocycles. The van der Waals surface area contributed by atoms with Crippen LogP contribution >= 0.6 is 0 Å². The lowest BCUT2D eigenvalue weighted by atomic mass is 10.1. The fourth-order valence-electron chi connectivity index (χ4n) is 3.83. The third kappa shape index (κ3) is 4.19. The quantitative estimate of drug-likeness (QED) is 0.697. The molecular weight excluding hydrogens is 364 g/mol. The van der Waals surface area contributed by atoms with Gasteiger partial charge in [0.25, 0.3) is 5.56 Å². The molecular formula is C22H26N6O. The summed E-state index contributed by atoms with van der Waals surface area (Å²) in [6.45, 7) is 8.67. The van der Waals surface area contributed by atoms with E-state index in [9.17, 15) is 4.79 Å². The van der Waals surface area contributed by atoms with Crippen LogP contribution < -0.4 is 10.5 Å². The van der Waals surface area contributed by atoms with E-state index in [2.05, 4.69) is 67.8 Å². The Labute approximate surface area is 170 Å². The average molecular weight is 390 g/mol. The van der Waals surface area contributed by atoms with Crippen molar-refractivity contribution < 1.29 is 0 Å². The van der Waals surface area contributed by atoms with E-state index in [0.29, 0.717) is 12.4 Å². The second kappa shape index (κ2) is 8.53. The first-order valence-electron chi connectivity index (χ1n) is 10.1. The first-order valence-corrected chi connectivity index (χ1v) is 10.1. The van der Waals surface area contributed by atoms with Crippen LogP contribution in [-0.2, 0) is 19.5 Å². The first kappa shape index (κ1) is 19.3. The summed E-state index contributed by atoms with van der Waals surface area (Å²) in [6, 6.07) is 8.74. The molecule has 0 saturated carbocycles. The maximum absolute atomic E-state index is 12.7. The highest BCUT2D eigenvalue weighted by Gasteiger charge is 2.21.